The van der Waals surface area contributed by atoms with Crippen molar-refractivity contribution in [1.82, 2.24) is 0 Å². The first-order valence-corrected chi connectivity index (χ1v) is 12.9. The van der Waals surface area contributed by atoms with Gasteiger partial charge in [-0.3, -0.25) is 0 Å². The summed E-state index contributed by atoms with van der Waals surface area (Å²) in [6.45, 7) is 5.26. The molecule has 3 nitrogen and oxygen atoms in total. The molecule has 4 aromatic rings. The fourth-order valence-electron chi connectivity index (χ4n) is 3.91. The van der Waals surface area contributed by atoms with Crippen LogP contribution in [0.4, 0.5) is 13.2 Å². The largest absolute Gasteiger partial charge is 0.494 e. The first-order valence-electron chi connectivity index (χ1n) is 12.9. The van der Waals surface area contributed by atoms with E-state index in [1.165, 1.54) is 18.2 Å². The summed E-state index contributed by atoms with van der Waals surface area (Å²) in [6, 6.07) is 21.7. The minimum atomic E-state index is -1.05. The minimum absolute atomic E-state index is 0.0339. The van der Waals surface area contributed by atoms with Gasteiger partial charge in [-0.05, 0) is 65.9 Å². The molecule has 0 N–H and O–H groups in total. The Balaban J connectivity index is 1.40. The Morgan fingerprint density at radius 3 is 1.89 bits per heavy atom. The smallest absolute Gasteiger partial charge is 0.201 e. The third-order valence-electron chi connectivity index (χ3n) is 6.05. The standard InChI is InChI=1S/C32H31F3O3/c1-3-5-19-37-26-14-15-27(29(33)20-26)23-8-6-22(7-9-23)21-38-30-17-16-28(31(34)32(30)35)24-10-12-25(13-11-24)36-18-4-2/h6-17,20H,3-5,18-19,21H2,1-2H3. The van der Waals surface area contributed by atoms with Crippen LogP contribution in [0.25, 0.3) is 22.3 Å². The lowest BCUT2D eigenvalue weighted by Crippen LogP contribution is -2.00. The van der Waals surface area contributed by atoms with Crippen molar-refractivity contribution < 1.29 is 27.4 Å². The van der Waals surface area contributed by atoms with Gasteiger partial charge in [0.2, 0.25) is 5.82 Å². The zero-order chi connectivity index (χ0) is 26.9. The van der Waals surface area contributed by atoms with Gasteiger partial charge in [0, 0.05) is 17.2 Å². The molecule has 4 aromatic carbocycles. The molecular weight excluding hydrogens is 489 g/mol. The maximum absolute atomic E-state index is 14.8. The van der Waals surface area contributed by atoms with E-state index in [9.17, 15) is 13.2 Å². The molecule has 0 aromatic heterocycles. The van der Waals surface area contributed by atoms with E-state index < -0.39 is 11.6 Å². The van der Waals surface area contributed by atoms with Gasteiger partial charge in [-0.25, -0.2) is 8.78 Å². The molecule has 0 aliphatic carbocycles. The molecule has 0 heterocycles. The van der Waals surface area contributed by atoms with E-state index in [1.807, 2.05) is 6.92 Å². The topological polar surface area (TPSA) is 27.7 Å². The number of rotatable bonds is 12. The number of halogens is 3. The summed E-state index contributed by atoms with van der Waals surface area (Å²) >= 11 is 0. The van der Waals surface area contributed by atoms with Crippen LogP contribution in [0, 0.1) is 17.5 Å². The van der Waals surface area contributed by atoms with Crippen molar-refractivity contribution in [1.29, 1.82) is 0 Å². The highest BCUT2D eigenvalue weighted by Crippen LogP contribution is 2.32. The quantitative estimate of drug-likeness (QED) is 0.175. The molecule has 0 saturated carbocycles. The summed E-state index contributed by atoms with van der Waals surface area (Å²) < 4.78 is 60.9. The SMILES string of the molecule is CCCCOc1ccc(-c2ccc(COc3ccc(-c4ccc(OCCC)cc4)c(F)c3F)cc2)c(F)c1. The summed E-state index contributed by atoms with van der Waals surface area (Å²) in [5.41, 5.74) is 2.57. The number of ether oxygens (including phenoxy) is 3. The number of hydrogen-bond donors (Lipinski definition) is 0. The second kappa shape index (κ2) is 13.0. The van der Waals surface area contributed by atoms with Crippen molar-refractivity contribution in [2.75, 3.05) is 13.2 Å². The fourth-order valence-corrected chi connectivity index (χ4v) is 3.91. The van der Waals surface area contributed by atoms with E-state index in [2.05, 4.69) is 6.92 Å². The van der Waals surface area contributed by atoms with Crippen molar-refractivity contribution in [2.24, 2.45) is 0 Å². The first kappa shape index (κ1) is 27.1. The van der Waals surface area contributed by atoms with Gasteiger partial charge < -0.3 is 14.2 Å². The predicted molar refractivity (Wildman–Crippen MR) is 144 cm³/mol. The van der Waals surface area contributed by atoms with Crippen molar-refractivity contribution >= 4 is 0 Å². The summed E-state index contributed by atoms with van der Waals surface area (Å²) in [6.07, 6.45) is 2.80. The van der Waals surface area contributed by atoms with Crippen LogP contribution in [-0.4, -0.2) is 13.2 Å². The molecule has 0 unspecified atom stereocenters. The molecule has 0 amide bonds. The van der Waals surface area contributed by atoms with Crippen LogP contribution in [0.1, 0.15) is 38.7 Å². The highest BCUT2D eigenvalue weighted by molar-refractivity contribution is 5.66. The Bertz CT molecular complexity index is 1340. The average molecular weight is 521 g/mol. The Hall–Kier alpha value is -3.93. The Morgan fingerprint density at radius 1 is 0.579 bits per heavy atom. The lowest BCUT2D eigenvalue weighted by Gasteiger charge is -2.12. The van der Waals surface area contributed by atoms with E-state index in [0.717, 1.165) is 24.8 Å². The molecular formula is C32H31F3O3. The summed E-state index contributed by atoms with van der Waals surface area (Å²) in [5.74, 6) is -1.39. The van der Waals surface area contributed by atoms with Gasteiger partial charge in [0.1, 0.15) is 23.9 Å². The fraction of sp³-hybridized carbons (Fsp3) is 0.250. The molecule has 0 bridgehead atoms. The average Bonchev–Trinajstić information content (AvgIpc) is 2.94. The van der Waals surface area contributed by atoms with Gasteiger partial charge in [-0.15, -0.1) is 0 Å². The van der Waals surface area contributed by atoms with Gasteiger partial charge in [0.05, 0.1) is 13.2 Å². The molecule has 4 rings (SSSR count). The molecule has 38 heavy (non-hydrogen) atoms. The molecule has 0 spiro atoms. The van der Waals surface area contributed by atoms with E-state index in [0.29, 0.717) is 41.4 Å². The lowest BCUT2D eigenvalue weighted by molar-refractivity contribution is 0.285. The van der Waals surface area contributed by atoms with Gasteiger partial charge in [-0.1, -0.05) is 56.7 Å². The molecule has 0 saturated heterocycles. The predicted octanol–water partition coefficient (Wildman–Crippen LogP) is 8.98. The maximum Gasteiger partial charge on any atom is 0.201 e. The summed E-state index contributed by atoms with van der Waals surface area (Å²) in [5, 5.41) is 0. The van der Waals surface area contributed by atoms with E-state index in [1.54, 1.807) is 60.7 Å². The van der Waals surface area contributed by atoms with Gasteiger partial charge in [0.25, 0.3) is 0 Å². The lowest BCUT2D eigenvalue weighted by atomic mass is 10.0. The van der Waals surface area contributed by atoms with E-state index in [4.69, 9.17) is 14.2 Å². The van der Waals surface area contributed by atoms with Gasteiger partial charge in [0.15, 0.2) is 11.6 Å². The van der Waals surface area contributed by atoms with Crippen LogP contribution in [-0.2, 0) is 6.61 Å². The van der Waals surface area contributed by atoms with Crippen LogP contribution in [0.3, 0.4) is 0 Å². The zero-order valence-corrected chi connectivity index (χ0v) is 21.6. The van der Waals surface area contributed by atoms with Crippen molar-refractivity contribution in [3.8, 4) is 39.5 Å². The Labute approximate surface area is 221 Å². The second-order valence-corrected chi connectivity index (χ2v) is 8.94. The number of unbranched alkanes of at least 4 members (excludes halogenated alkanes) is 1. The monoisotopic (exact) mass is 520 g/mol. The highest BCUT2D eigenvalue weighted by Gasteiger charge is 2.16. The third-order valence-corrected chi connectivity index (χ3v) is 6.05. The summed E-state index contributed by atoms with van der Waals surface area (Å²) in [4.78, 5) is 0. The minimum Gasteiger partial charge on any atom is -0.494 e. The number of benzene rings is 4. The van der Waals surface area contributed by atoms with E-state index in [-0.39, 0.29) is 23.7 Å². The Morgan fingerprint density at radius 2 is 1.21 bits per heavy atom. The van der Waals surface area contributed by atoms with Crippen LogP contribution in [0.15, 0.2) is 78.9 Å². The third kappa shape index (κ3) is 6.68. The molecule has 0 fully saturated rings. The molecule has 198 valence electrons. The van der Waals surface area contributed by atoms with Crippen LogP contribution >= 0.6 is 0 Å². The number of hydrogen-bond acceptors (Lipinski definition) is 3. The van der Waals surface area contributed by atoms with Crippen molar-refractivity contribution in [3.63, 3.8) is 0 Å². The van der Waals surface area contributed by atoms with E-state index >= 15 is 0 Å². The normalized spacial score (nSPS) is 10.9. The second-order valence-electron chi connectivity index (χ2n) is 8.94. The first-order chi connectivity index (χ1) is 18.5. The van der Waals surface area contributed by atoms with Gasteiger partial charge >= 0.3 is 0 Å². The van der Waals surface area contributed by atoms with Crippen LogP contribution in [0.5, 0.6) is 17.2 Å². The maximum atomic E-state index is 14.8. The van der Waals surface area contributed by atoms with Crippen molar-refractivity contribution in [3.05, 3.63) is 102 Å². The van der Waals surface area contributed by atoms with Crippen molar-refractivity contribution in [2.45, 2.75) is 39.7 Å². The van der Waals surface area contributed by atoms with Crippen LogP contribution < -0.4 is 14.2 Å². The summed E-state index contributed by atoms with van der Waals surface area (Å²) in [7, 11) is 0. The molecule has 0 radical (unpaired) electrons. The highest BCUT2D eigenvalue weighted by atomic mass is 19.2. The zero-order valence-electron chi connectivity index (χ0n) is 21.6. The molecule has 0 aliphatic heterocycles. The molecule has 0 atom stereocenters. The van der Waals surface area contributed by atoms with Gasteiger partial charge in [-0.2, -0.15) is 4.39 Å². The van der Waals surface area contributed by atoms with Crippen LogP contribution in [0.2, 0.25) is 0 Å². The molecule has 0 aliphatic rings. The Kier molecular flexibility index (Phi) is 9.30. The molecule has 6 heteroatoms.